The third kappa shape index (κ3) is 4.67. The molecule has 0 aliphatic carbocycles. The van der Waals surface area contributed by atoms with E-state index < -0.39 is 17.3 Å². The summed E-state index contributed by atoms with van der Waals surface area (Å²) in [5, 5.41) is 2.61. The first kappa shape index (κ1) is 15.7. The van der Waals surface area contributed by atoms with Crippen LogP contribution in [0.25, 0.3) is 0 Å². The lowest BCUT2D eigenvalue weighted by Crippen LogP contribution is -2.53. The fourth-order valence-corrected chi connectivity index (χ4v) is 1.97. The number of alkyl carbamates (subject to hydrolysis) is 1. The van der Waals surface area contributed by atoms with E-state index in [1.165, 1.54) is 0 Å². The molecule has 0 saturated carbocycles. The highest BCUT2D eigenvalue weighted by Crippen LogP contribution is 2.25. The molecule has 1 aliphatic heterocycles. The third-order valence-corrected chi connectivity index (χ3v) is 2.83. The quantitative estimate of drug-likeness (QED) is 0.795. The van der Waals surface area contributed by atoms with Crippen LogP contribution in [0.5, 0.6) is 0 Å². The molecule has 19 heavy (non-hydrogen) atoms. The average Bonchev–Trinajstić information content (AvgIpc) is 2.28. The van der Waals surface area contributed by atoms with Crippen molar-refractivity contribution in [1.82, 2.24) is 5.32 Å². The van der Waals surface area contributed by atoms with Crippen LogP contribution in [0.3, 0.4) is 0 Å². The Balaban J connectivity index is 2.61. The normalized spacial score (nSPS) is 23.8. The predicted molar refractivity (Wildman–Crippen MR) is 72.0 cm³/mol. The van der Waals surface area contributed by atoms with Gasteiger partial charge in [0.05, 0.1) is 6.54 Å². The summed E-state index contributed by atoms with van der Waals surface area (Å²) in [5.74, 6) is 0.00899. The van der Waals surface area contributed by atoms with E-state index in [4.69, 9.17) is 9.47 Å². The zero-order chi connectivity index (χ0) is 14.5. The van der Waals surface area contributed by atoms with Gasteiger partial charge in [0.2, 0.25) is 0 Å². The highest BCUT2D eigenvalue weighted by molar-refractivity contribution is 5.89. The largest absolute Gasteiger partial charge is 0.444 e. The second-order valence-electron chi connectivity index (χ2n) is 5.72. The smallest absolute Gasteiger partial charge is 0.407 e. The summed E-state index contributed by atoms with van der Waals surface area (Å²) in [6.45, 7) is 9.64. The van der Waals surface area contributed by atoms with Gasteiger partial charge in [-0.3, -0.25) is 4.79 Å². The first-order valence-electron chi connectivity index (χ1n) is 6.54. The van der Waals surface area contributed by atoms with E-state index in [0.717, 1.165) is 6.42 Å². The lowest BCUT2D eigenvalue weighted by molar-refractivity contribution is -0.151. The van der Waals surface area contributed by atoms with Gasteiger partial charge in [-0.1, -0.05) is 6.08 Å². The molecule has 5 nitrogen and oxygen atoms in total. The fourth-order valence-electron chi connectivity index (χ4n) is 1.97. The Labute approximate surface area is 114 Å². The molecule has 0 bridgehead atoms. The van der Waals surface area contributed by atoms with Gasteiger partial charge in [-0.15, -0.1) is 6.58 Å². The number of ether oxygens (including phenoxy) is 2. The van der Waals surface area contributed by atoms with Crippen molar-refractivity contribution in [2.75, 3.05) is 13.2 Å². The van der Waals surface area contributed by atoms with Crippen molar-refractivity contribution in [3.8, 4) is 0 Å². The van der Waals surface area contributed by atoms with Gasteiger partial charge in [0.1, 0.15) is 11.2 Å². The molecule has 0 unspecified atom stereocenters. The lowest BCUT2D eigenvalue weighted by atomic mass is 9.89. The number of nitrogens with one attached hydrogen (secondary N) is 1. The molecule has 5 heteroatoms. The van der Waals surface area contributed by atoms with Crippen molar-refractivity contribution >= 4 is 11.9 Å². The molecule has 1 fully saturated rings. The predicted octanol–water partition coefficient (Wildman–Crippen LogP) is 2.21. The Kier molecular flexibility index (Phi) is 5.11. The molecule has 1 aliphatic rings. The molecule has 1 saturated heterocycles. The van der Waals surface area contributed by atoms with Gasteiger partial charge in [-0.05, 0) is 27.2 Å². The molecular formula is C14H23NO4. The van der Waals surface area contributed by atoms with E-state index in [1.54, 1.807) is 26.8 Å². The van der Waals surface area contributed by atoms with Crippen LogP contribution in [-0.2, 0) is 14.3 Å². The average molecular weight is 269 g/mol. The molecule has 1 atom stereocenters. The molecule has 0 aromatic carbocycles. The van der Waals surface area contributed by atoms with Gasteiger partial charge in [-0.25, -0.2) is 4.79 Å². The summed E-state index contributed by atoms with van der Waals surface area (Å²) >= 11 is 0. The first-order chi connectivity index (χ1) is 8.79. The molecule has 0 aromatic rings. The number of carbonyl (C=O) groups excluding carboxylic acids is 2. The van der Waals surface area contributed by atoms with Gasteiger partial charge in [0, 0.05) is 19.4 Å². The van der Waals surface area contributed by atoms with Gasteiger partial charge in [-0.2, -0.15) is 0 Å². The Bertz CT molecular complexity index is 359. The maximum Gasteiger partial charge on any atom is 0.407 e. The van der Waals surface area contributed by atoms with Crippen molar-refractivity contribution in [3.63, 3.8) is 0 Å². The van der Waals surface area contributed by atoms with Crippen LogP contribution in [0.15, 0.2) is 12.7 Å². The van der Waals surface area contributed by atoms with Crippen molar-refractivity contribution < 1.29 is 19.1 Å². The third-order valence-electron chi connectivity index (χ3n) is 2.83. The topological polar surface area (TPSA) is 64.6 Å². The zero-order valence-electron chi connectivity index (χ0n) is 12.0. The second-order valence-corrected chi connectivity index (χ2v) is 5.72. The summed E-state index contributed by atoms with van der Waals surface area (Å²) in [6.07, 6.45) is 2.69. The molecule has 1 amide bonds. The van der Waals surface area contributed by atoms with E-state index in [9.17, 15) is 9.59 Å². The minimum Gasteiger partial charge on any atom is -0.444 e. The van der Waals surface area contributed by atoms with Crippen LogP contribution < -0.4 is 5.32 Å². The van der Waals surface area contributed by atoms with Gasteiger partial charge in [0.25, 0.3) is 0 Å². The highest BCUT2D eigenvalue weighted by atomic mass is 16.6. The van der Waals surface area contributed by atoms with Gasteiger partial charge in [0.15, 0.2) is 5.78 Å². The minimum atomic E-state index is -0.975. The first-order valence-corrected chi connectivity index (χ1v) is 6.54. The number of Topliss-reactive ketones (excluding diaryl/α,β-unsaturated/α-hetero) is 1. The van der Waals surface area contributed by atoms with Crippen LogP contribution >= 0.6 is 0 Å². The monoisotopic (exact) mass is 269 g/mol. The van der Waals surface area contributed by atoms with E-state index in [2.05, 4.69) is 11.9 Å². The SMILES string of the molecule is C=CC[C@]1(CNC(=O)OC(C)(C)C)OCCCC1=O. The number of carbonyl (C=O) groups is 2. The van der Waals surface area contributed by atoms with E-state index in [-0.39, 0.29) is 12.3 Å². The number of amides is 1. The Morgan fingerprint density at radius 1 is 1.58 bits per heavy atom. The van der Waals surface area contributed by atoms with Crippen LogP contribution in [0.2, 0.25) is 0 Å². The van der Waals surface area contributed by atoms with Crippen LogP contribution in [0.1, 0.15) is 40.0 Å². The maximum atomic E-state index is 12.0. The molecule has 0 spiro atoms. The van der Waals surface area contributed by atoms with Gasteiger partial charge >= 0.3 is 6.09 Å². The number of rotatable bonds is 4. The molecule has 1 rings (SSSR count). The Hall–Kier alpha value is -1.36. The summed E-state index contributed by atoms with van der Waals surface area (Å²) in [4.78, 5) is 23.7. The Morgan fingerprint density at radius 2 is 2.26 bits per heavy atom. The summed E-state index contributed by atoms with van der Waals surface area (Å²) in [7, 11) is 0. The van der Waals surface area contributed by atoms with Crippen LogP contribution in [-0.4, -0.2) is 36.2 Å². The van der Waals surface area contributed by atoms with E-state index >= 15 is 0 Å². The molecule has 108 valence electrons. The molecule has 0 radical (unpaired) electrons. The van der Waals surface area contributed by atoms with Crippen molar-refractivity contribution in [2.45, 2.75) is 51.2 Å². The van der Waals surface area contributed by atoms with Crippen molar-refractivity contribution in [3.05, 3.63) is 12.7 Å². The zero-order valence-corrected chi connectivity index (χ0v) is 12.0. The molecular weight excluding hydrogens is 246 g/mol. The summed E-state index contributed by atoms with van der Waals surface area (Å²) in [5.41, 5.74) is -1.54. The van der Waals surface area contributed by atoms with Crippen molar-refractivity contribution in [1.29, 1.82) is 0 Å². The maximum absolute atomic E-state index is 12.0. The Morgan fingerprint density at radius 3 is 2.79 bits per heavy atom. The molecule has 1 heterocycles. The van der Waals surface area contributed by atoms with E-state index in [0.29, 0.717) is 19.4 Å². The van der Waals surface area contributed by atoms with Crippen molar-refractivity contribution in [2.24, 2.45) is 0 Å². The minimum absolute atomic E-state index is 0.00899. The van der Waals surface area contributed by atoms with Gasteiger partial charge < -0.3 is 14.8 Å². The molecule has 1 N–H and O–H groups in total. The number of hydrogen-bond acceptors (Lipinski definition) is 4. The lowest BCUT2D eigenvalue weighted by Gasteiger charge is -2.35. The standard InChI is InChI=1S/C14H23NO4/c1-5-8-14(11(16)7-6-9-18-14)10-15-12(17)19-13(2,3)4/h5H,1,6-10H2,2-4H3,(H,15,17)/t14-/m1/s1. The van der Waals surface area contributed by atoms with E-state index in [1.807, 2.05) is 0 Å². The van der Waals surface area contributed by atoms with Crippen LogP contribution in [0.4, 0.5) is 4.79 Å². The number of hydrogen-bond donors (Lipinski definition) is 1. The molecule has 0 aromatic heterocycles. The summed E-state index contributed by atoms with van der Waals surface area (Å²) in [6, 6.07) is 0. The highest BCUT2D eigenvalue weighted by Gasteiger charge is 2.40. The fraction of sp³-hybridized carbons (Fsp3) is 0.714. The summed E-state index contributed by atoms with van der Waals surface area (Å²) < 4.78 is 10.8. The van der Waals surface area contributed by atoms with Crippen LogP contribution in [0, 0.1) is 0 Å². The second kappa shape index (κ2) is 6.19. The number of ketones is 1.